The molecule has 0 aliphatic carbocycles. The molecule has 0 atom stereocenters. The van der Waals surface area contributed by atoms with Crippen molar-refractivity contribution in [2.24, 2.45) is 4.99 Å². The summed E-state index contributed by atoms with van der Waals surface area (Å²) in [4.78, 5) is 29.6. The summed E-state index contributed by atoms with van der Waals surface area (Å²) in [6.45, 7) is 0.0999. The Morgan fingerprint density at radius 1 is 1.29 bits per heavy atom. The summed E-state index contributed by atoms with van der Waals surface area (Å²) in [5.74, 6) is -2.17. The van der Waals surface area contributed by atoms with E-state index < -0.39 is 23.2 Å². The van der Waals surface area contributed by atoms with E-state index in [0.29, 0.717) is 5.56 Å². The average Bonchev–Trinajstić information content (AvgIpc) is 2.66. The minimum Gasteiger partial charge on any atom is -0.545 e. The number of H-pyrrole nitrogens is 1. The van der Waals surface area contributed by atoms with Crippen molar-refractivity contribution in [3.8, 4) is 5.88 Å². The summed E-state index contributed by atoms with van der Waals surface area (Å²) in [5.41, 5.74) is 0.0321. The zero-order valence-corrected chi connectivity index (χ0v) is 15.1. The number of carboxylic acids is 1. The quantitative estimate of drug-likeness (QED) is 0.504. The number of aromatic nitrogens is 2. The Morgan fingerprint density at radius 3 is 2.68 bits per heavy atom. The third kappa shape index (κ3) is 4.21. The fourth-order valence-corrected chi connectivity index (χ4v) is 2.71. The molecule has 3 aromatic rings. The zero-order chi connectivity index (χ0) is 20.3. The molecule has 1 heterocycles. The lowest BCUT2D eigenvalue weighted by atomic mass is 10.2. The van der Waals surface area contributed by atoms with Gasteiger partial charge in [0.05, 0.1) is 18.2 Å². The lowest BCUT2D eigenvalue weighted by Gasteiger charge is -2.11. The van der Waals surface area contributed by atoms with Gasteiger partial charge < -0.3 is 15.0 Å². The first-order valence-corrected chi connectivity index (χ1v) is 8.42. The molecule has 0 aliphatic heterocycles. The predicted octanol–water partition coefficient (Wildman–Crippen LogP) is 1.91. The van der Waals surface area contributed by atoms with Gasteiger partial charge in [0.2, 0.25) is 5.88 Å². The molecule has 9 heteroatoms. The van der Waals surface area contributed by atoms with Crippen LogP contribution in [0.25, 0.3) is 0 Å². The van der Waals surface area contributed by atoms with Gasteiger partial charge in [-0.2, -0.15) is 0 Å². The summed E-state index contributed by atoms with van der Waals surface area (Å²) >= 11 is 5.09. The number of carbonyl (C=O) groups is 1. The van der Waals surface area contributed by atoms with E-state index >= 15 is 0 Å². The third-order valence-corrected chi connectivity index (χ3v) is 4.21. The maximum atomic E-state index is 13.1. The van der Waals surface area contributed by atoms with Gasteiger partial charge in [0, 0.05) is 6.21 Å². The topological polar surface area (TPSA) is 111 Å². The molecule has 2 N–H and O–H groups in total. The van der Waals surface area contributed by atoms with Crippen LogP contribution in [-0.4, -0.2) is 26.8 Å². The van der Waals surface area contributed by atoms with Gasteiger partial charge in [-0.3, -0.25) is 19.3 Å². The van der Waals surface area contributed by atoms with Gasteiger partial charge in [-0.05, 0) is 47.6 Å². The van der Waals surface area contributed by atoms with Gasteiger partial charge in [-0.15, -0.1) is 0 Å². The highest BCUT2D eigenvalue weighted by Gasteiger charge is 2.11. The van der Waals surface area contributed by atoms with E-state index in [-0.39, 0.29) is 28.1 Å². The number of carboxylic acid groups (broad SMARTS) is 1. The van der Waals surface area contributed by atoms with Crippen molar-refractivity contribution in [2.45, 2.75) is 6.54 Å². The number of nitrogens with zero attached hydrogens (tertiary/aromatic N) is 2. The van der Waals surface area contributed by atoms with E-state index in [4.69, 9.17) is 12.2 Å². The normalized spacial score (nSPS) is 11.0. The van der Waals surface area contributed by atoms with Gasteiger partial charge in [-0.1, -0.05) is 24.3 Å². The SMILES string of the molecule is O=C([O-])c1cccc(N=Cc2c(O)n(Cc3ccc(F)cc3)c(=S)[nH]c2=O)c1. The standard InChI is InChI=1S/C19H14FN3O4S/c20-13-6-4-11(5-7-13)10-23-17(25)15(16(24)22-19(23)28)9-21-14-3-1-2-12(8-14)18(26)27/h1-9,25H,10H2,(H,26,27)(H,22,24,28)/p-1. The molecule has 1 aromatic heterocycles. The molecule has 0 fully saturated rings. The molecule has 0 saturated heterocycles. The van der Waals surface area contributed by atoms with Crippen LogP contribution in [0.2, 0.25) is 0 Å². The van der Waals surface area contributed by atoms with Crippen LogP contribution in [0.5, 0.6) is 5.88 Å². The number of aromatic amines is 1. The number of hydrogen-bond donors (Lipinski definition) is 2. The van der Waals surface area contributed by atoms with E-state index in [1.807, 2.05) is 0 Å². The second kappa shape index (κ2) is 7.97. The number of benzene rings is 2. The molecule has 0 saturated carbocycles. The smallest absolute Gasteiger partial charge is 0.264 e. The van der Waals surface area contributed by atoms with Gasteiger partial charge in [0.25, 0.3) is 5.56 Å². The summed E-state index contributed by atoms with van der Waals surface area (Å²) < 4.78 is 14.3. The van der Waals surface area contributed by atoms with E-state index in [2.05, 4.69) is 9.98 Å². The van der Waals surface area contributed by atoms with Gasteiger partial charge in [-0.25, -0.2) is 4.39 Å². The van der Waals surface area contributed by atoms with Crippen molar-refractivity contribution in [2.75, 3.05) is 0 Å². The molecule has 28 heavy (non-hydrogen) atoms. The summed E-state index contributed by atoms with van der Waals surface area (Å²) in [5, 5.41) is 21.4. The molecular formula is C19H13FN3O4S-. The second-order valence-electron chi connectivity index (χ2n) is 5.81. The van der Waals surface area contributed by atoms with Crippen LogP contribution in [0.4, 0.5) is 10.1 Å². The van der Waals surface area contributed by atoms with Crippen LogP contribution in [0.3, 0.4) is 0 Å². The molecule has 0 amide bonds. The number of aliphatic imine (C=N–C) groups is 1. The lowest BCUT2D eigenvalue weighted by molar-refractivity contribution is -0.255. The zero-order valence-electron chi connectivity index (χ0n) is 14.3. The Morgan fingerprint density at radius 2 is 2.00 bits per heavy atom. The van der Waals surface area contributed by atoms with Crippen molar-refractivity contribution in [1.29, 1.82) is 0 Å². The van der Waals surface area contributed by atoms with Crippen molar-refractivity contribution >= 4 is 30.1 Å². The largest absolute Gasteiger partial charge is 0.545 e. The van der Waals surface area contributed by atoms with Crippen LogP contribution in [0, 0.1) is 10.6 Å². The molecule has 0 unspecified atom stereocenters. The average molecular weight is 398 g/mol. The monoisotopic (exact) mass is 398 g/mol. The van der Waals surface area contributed by atoms with Crippen LogP contribution in [0.1, 0.15) is 21.5 Å². The molecule has 0 bridgehead atoms. The Kier molecular flexibility index (Phi) is 5.46. The molecule has 7 nitrogen and oxygen atoms in total. The number of hydrogen-bond acceptors (Lipinski definition) is 6. The van der Waals surface area contributed by atoms with Crippen molar-refractivity contribution < 1.29 is 19.4 Å². The number of carbonyl (C=O) groups excluding carboxylic acids is 1. The lowest BCUT2D eigenvalue weighted by Crippen LogP contribution is -2.21. The molecule has 0 aliphatic rings. The third-order valence-electron chi connectivity index (χ3n) is 3.89. The van der Waals surface area contributed by atoms with Gasteiger partial charge >= 0.3 is 0 Å². The molecule has 142 valence electrons. The van der Waals surface area contributed by atoms with Crippen LogP contribution < -0.4 is 10.7 Å². The fourth-order valence-electron chi connectivity index (χ4n) is 2.46. The van der Waals surface area contributed by atoms with Crippen molar-refractivity contribution in [3.05, 3.63) is 86.2 Å². The first kappa shape index (κ1) is 19.2. The highest BCUT2D eigenvalue weighted by atomic mass is 32.1. The number of nitrogens with one attached hydrogen (secondary N) is 1. The molecule has 0 spiro atoms. The fraction of sp³-hybridized carbons (Fsp3) is 0.0526. The van der Waals surface area contributed by atoms with E-state index in [0.717, 1.165) is 6.21 Å². The Bertz CT molecular complexity index is 1180. The maximum Gasteiger partial charge on any atom is 0.264 e. The number of rotatable bonds is 5. The van der Waals surface area contributed by atoms with Crippen molar-refractivity contribution in [1.82, 2.24) is 9.55 Å². The summed E-state index contributed by atoms with van der Waals surface area (Å²) in [6.07, 6.45) is 1.11. The minimum absolute atomic E-state index is 0.0112. The number of aromatic hydroxyl groups is 1. The molecule has 3 rings (SSSR count). The highest BCUT2D eigenvalue weighted by Crippen LogP contribution is 2.17. The minimum atomic E-state index is -1.36. The van der Waals surface area contributed by atoms with Gasteiger partial charge in [0.15, 0.2) is 4.77 Å². The summed E-state index contributed by atoms with van der Waals surface area (Å²) in [6, 6.07) is 11.2. The Hall–Kier alpha value is -3.59. The van der Waals surface area contributed by atoms with Crippen LogP contribution in [-0.2, 0) is 6.54 Å². The maximum absolute atomic E-state index is 13.1. The molecule has 2 aromatic carbocycles. The van der Waals surface area contributed by atoms with E-state index in [1.54, 1.807) is 0 Å². The van der Waals surface area contributed by atoms with E-state index in [9.17, 15) is 24.2 Å². The van der Waals surface area contributed by atoms with Gasteiger partial charge in [0.1, 0.15) is 11.4 Å². The second-order valence-corrected chi connectivity index (χ2v) is 6.19. The van der Waals surface area contributed by atoms with Crippen molar-refractivity contribution in [3.63, 3.8) is 0 Å². The van der Waals surface area contributed by atoms with Crippen LogP contribution in [0.15, 0.2) is 58.3 Å². The first-order valence-electron chi connectivity index (χ1n) is 8.01. The number of halogens is 1. The first-order chi connectivity index (χ1) is 13.3. The summed E-state index contributed by atoms with van der Waals surface area (Å²) in [7, 11) is 0. The van der Waals surface area contributed by atoms with Crippen LogP contribution >= 0.6 is 12.2 Å². The Labute approximate surface area is 163 Å². The predicted molar refractivity (Wildman–Crippen MR) is 101 cm³/mol. The Balaban J connectivity index is 1.98. The number of aromatic carboxylic acids is 1. The van der Waals surface area contributed by atoms with E-state index in [1.165, 1.54) is 53.1 Å². The molecular weight excluding hydrogens is 385 g/mol. The molecule has 0 radical (unpaired) electrons. The highest BCUT2D eigenvalue weighted by molar-refractivity contribution is 7.71.